The van der Waals surface area contributed by atoms with Crippen LogP contribution in [0, 0.1) is 0 Å². The van der Waals surface area contributed by atoms with Crippen molar-refractivity contribution in [3.05, 3.63) is 34.1 Å². The second-order valence-corrected chi connectivity index (χ2v) is 5.22. The average molecular weight is 370 g/mol. The Kier molecular flexibility index (Phi) is 4.70. The zero-order valence-electron chi connectivity index (χ0n) is 10.0. The van der Waals surface area contributed by atoms with Crippen LogP contribution in [0.1, 0.15) is 17.9 Å². The van der Waals surface area contributed by atoms with Gasteiger partial charge < -0.3 is 4.42 Å². The maximum atomic E-state index is 12.7. The van der Waals surface area contributed by atoms with Crippen LogP contribution >= 0.6 is 27.5 Å². The third kappa shape index (κ3) is 3.52. The first-order valence-corrected chi connectivity index (χ1v) is 7.00. The van der Waals surface area contributed by atoms with Gasteiger partial charge in [0, 0.05) is 16.8 Å². The van der Waals surface area contributed by atoms with Crippen LogP contribution in [0.2, 0.25) is 0 Å². The largest absolute Gasteiger partial charge is 0.421 e. The van der Waals surface area contributed by atoms with Crippen LogP contribution in [-0.4, -0.2) is 16.1 Å². The van der Waals surface area contributed by atoms with Crippen molar-refractivity contribution in [1.29, 1.82) is 0 Å². The summed E-state index contributed by atoms with van der Waals surface area (Å²) in [6.45, 7) is 0. The van der Waals surface area contributed by atoms with Gasteiger partial charge in [0.2, 0.25) is 11.8 Å². The maximum absolute atomic E-state index is 12.7. The average Bonchev–Trinajstić information content (AvgIpc) is 2.84. The number of aromatic nitrogens is 2. The lowest BCUT2D eigenvalue weighted by atomic mass is 10.1. The van der Waals surface area contributed by atoms with Crippen LogP contribution in [0.25, 0.3) is 11.5 Å². The summed E-state index contributed by atoms with van der Waals surface area (Å²) in [5.41, 5.74) is -0.555. The minimum Gasteiger partial charge on any atom is -0.421 e. The van der Waals surface area contributed by atoms with E-state index in [2.05, 4.69) is 26.1 Å². The van der Waals surface area contributed by atoms with Crippen molar-refractivity contribution in [2.75, 3.05) is 5.88 Å². The first-order valence-electron chi connectivity index (χ1n) is 5.67. The van der Waals surface area contributed by atoms with Crippen LogP contribution in [0.4, 0.5) is 13.2 Å². The third-order valence-corrected chi connectivity index (χ3v) is 3.47. The molecule has 2 aromatic rings. The number of halogens is 5. The zero-order chi connectivity index (χ0) is 14.8. The molecule has 0 amide bonds. The summed E-state index contributed by atoms with van der Waals surface area (Å²) in [4.78, 5) is 0. The summed E-state index contributed by atoms with van der Waals surface area (Å²) in [6, 6.07) is 3.27. The smallest absolute Gasteiger partial charge is 0.416 e. The van der Waals surface area contributed by atoms with Crippen LogP contribution in [0.15, 0.2) is 27.1 Å². The normalized spacial score (nSPS) is 11.8. The van der Waals surface area contributed by atoms with Crippen molar-refractivity contribution in [2.45, 2.75) is 19.0 Å². The lowest BCUT2D eigenvalue weighted by Crippen LogP contribution is -2.04. The first-order chi connectivity index (χ1) is 9.41. The number of hydrogen-bond acceptors (Lipinski definition) is 3. The van der Waals surface area contributed by atoms with Gasteiger partial charge in [0.25, 0.3) is 0 Å². The SMILES string of the molecule is FC(F)(F)c1ccc(Br)c(-c2nnc(CCCCl)o2)c1. The lowest BCUT2D eigenvalue weighted by Gasteiger charge is -2.08. The van der Waals surface area contributed by atoms with E-state index >= 15 is 0 Å². The highest BCUT2D eigenvalue weighted by atomic mass is 79.9. The Labute approximate surface area is 126 Å². The van der Waals surface area contributed by atoms with Gasteiger partial charge in [-0.2, -0.15) is 13.2 Å². The molecule has 1 aromatic carbocycles. The standard InChI is InChI=1S/C12H9BrClF3N2O/c13-9-4-3-7(12(15,16)17)6-8(9)11-19-18-10(20-11)2-1-5-14/h3-4,6H,1-2,5H2. The van der Waals surface area contributed by atoms with E-state index in [1.807, 2.05) is 0 Å². The third-order valence-electron chi connectivity index (χ3n) is 2.52. The molecule has 108 valence electrons. The fourth-order valence-electron chi connectivity index (χ4n) is 1.55. The van der Waals surface area contributed by atoms with Crippen molar-refractivity contribution in [3.8, 4) is 11.5 Å². The van der Waals surface area contributed by atoms with Crippen LogP contribution < -0.4 is 0 Å². The van der Waals surface area contributed by atoms with E-state index in [4.69, 9.17) is 16.0 Å². The molecule has 0 bridgehead atoms. The monoisotopic (exact) mass is 368 g/mol. The molecule has 0 saturated heterocycles. The van der Waals surface area contributed by atoms with Gasteiger partial charge in [-0.25, -0.2) is 0 Å². The molecule has 0 N–H and O–H groups in total. The number of hydrogen-bond donors (Lipinski definition) is 0. The molecule has 0 aliphatic heterocycles. The highest BCUT2D eigenvalue weighted by Crippen LogP contribution is 2.35. The summed E-state index contributed by atoms with van der Waals surface area (Å²) in [6.07, 6.45) is -3.27. The fourth-order valence-corrected chi connectivity index (χ4v) is 2.10. The number of nitrogens with zero attached hydrogens (tertiary/aromatic N) is 2. The van der Waals surface area contributed by atoms with E-state index in [-0.39, 0.29) is 11.5 Å². The Morgan fingerprint density at radius 1 is 1.25 bits per heavy atom. The molecule has 20 heavy (non-hydrogen) atoms. The molecule has 0 aliphatic carbocycles. The van der Waals surface area contributed by atoms with Crippen LogP contribution in [0.5, 0.6) is 0 Å². The van der Waals surface area contributed by atoms with E-state index in [0.717, 1.165) is 12.1 Å². The predicted octanol–water partition coefficient (Wildman–Crippen LogP) is 4.69. The van der Waals surface area contributed by atoms with Crippen molar-refractivity contribution < 1.29 is 17.6 Å². The van der Waals surface area contributed by atoms with Gasteiger partial charge in [-0.15, -0.1) is 21.8 Å². The quantitative estimate of drug-likeness (QED) is 0.734. The Morgan fingerprint density at radius 3 is 2.65 bits per heavy atom. The Balaban J connectivity index is 2.34. The predicted molar refractivity (Wildman–Crippen MR) is 71.5 cm³/mol. The molecule has 2 rings (SSSR count). The van der Waals surface area contributed by atoms with Crippen LogP contribution in [0.3, 0.4) is 0 Å². The topological polar surface area (TPSA) is 38.9 Å². The minimum atomic E-state index is -4.42. The van der Waals surface area contributed by atoms with Crippen molar-refractivity contribution in [2.24, 2.45) is 0 Å². The molecular weight excluding hydrogens is 360 g/mol. The molecular formula is C12H9BrClF3N2O. The van der Waals surface area contributed by atoms with Gasteiger partial charge >= 0.3 is 6.18 Å². The minimum absolute atomic E-state index is 0.0487. The van der Waals surface area contributed by atoms with Crippen molar-refractivity contribution in [3.63, 3.8) is 0 Å². The summed E-state index contributed by atoms with van der Waals surface area (Å²) >= 11 is 8.73. The van der Waals surface area contributed by atoms with Gasteiger partial charge in [-0.3, -0.25) is 0 Å². The highest BCUT2D eigenvalue weighted by Gasteiger charge is 2.31. The Hall–Kier alpha value is -1.08. The molecule has 1 aromatic heterocycles. The van der Waals surface area contributed by atoms with E-state index in [1.165, 1.54) is 6.07 Å². The fraction of sp³-hybridized carbons (Fsp3) is 0.333. The second kappa shape index (κ2) is 6.13. The molecule has 0 fully saturated rings. The Morgan fingerprint density at radius 2 is 2.00 bits per heavy atom. The van der Waals surface area contributed by atoms with E-state index in [0.29, 0.717) is 29.1 Å². The van der Waals surface area contributed by atoms with Crippen molar-refractivity contribution >= 4 is 27.5 Å². The number of benzene rings is 1. The van der Waals surface area contributed by atoms with E-state index < -0.39 is 11.7 Å². The summed E-state index contributed by atoms with van der Waals surface area (Å²) < 4.78 is 43.9. The second-order valence-electron chi connectivity index (χ2n) is 3.99. The molecule has 3 nitrogen and oxygen atoms in total. The molecule has 0 radical (unpaired) electrons. The zero-order valence-corrected chi connectivity index (χ0v) is 12.4. The van der Waals surface area contributed by atoms with Gasteiger partial charge in [0.05, 0.1) is 11.1 Å². The molecule has 0 spiro atoms. The maximum Gasteiger partial charge on any atom is 0.416 e. The van der Waals surface area contributed by atoms with Gasteiger partial charge in [-0.1, -0.05) is 0 Å². The van der Waals surface area contributed by atoms with Gasteiger partial charge in [0.15, 0.2) is 0 Å². The van der Waals surface area contributed by atoms with Crippen LogP contribution in [-0.2, 0) is 12.6 Å². The Bertz CT molecular complexity index is 601. The molecule has 0 atom stereocenters. The molecule has 1 heterocycles. The van der Waals surface area contributed by atoms with E-state index in [9.17, 15) is 13.2 Å². The molecule has 0 saturated carbocycles. The number of rotatable bonds is 4. The first kappa shape index (κ1) is 15.3. The molecule has 8 heteroatoms. The molecule has 0 aliphatic rings. The number of alkyl halides is 4. The van der Waals surface area contributed by atoms with Gasteiger partial charge in [-0.05, 0) is 40.5 Å². The summed E-state index contributed by atoms with van der Waals surface area (Å²) in [7, 11) is 0. The van der Waals surface area contributed by atoms with E-state index in [1.54, 1.807) is 0 Å². The van der Waals surface area contributed by atoms with Crippen molar-refractivity contribution in [1.82, 2.24) is 10.2 Å². The number of aryl methyl sites for hydroxylation is 1. The van der Waals surface area contributed by atoms with Gasteiger partial charge in [0.1, 0.15) is 0 Å². The summed E-state index contributed by atoms with van der Waals surface area (Å²) in [5.74, 6) is 0.850. The molecule has 0 unspecified atom stereocenters. The summed E-state index contributed by atoms with van der Waals surface area (Å²) in [5, 5.41) is 7.55. The lowest BCUT2D eigenvalue weighted by molar-refractivity contribution is -0.137. The highest BCUT2D eigenvalue weighted by molar-refractivity contribution is 9.10.